The van der Waals surface area contributed by atoms with E-state index in [1.807, 2.05) is 0 Å². The summed E-state index contributed by atoms with van der Waals surface area (Å²) in [6.07, 6.45) is 2.61. The zero-order valence-corrected chi connectivity index (χ0v) is 21.9. The van der Waals surface area contributed by atoms with Crippen molar-refractivity contribution in [2.75, 3.05) is 0 Å². The molecule has 4 rings (SSSR count). The highest BCUT2D eigenvalue weighted by molar-refractivity contribution is 7.15. The van der Waals surface area contributed by atoms with Crippen LogP contribution in [0.2, 0.25) is 5.04 Å². The Labute approximate surface area is 195 Å². The Morgan fingerprint density at radius 3 is 1.38 bits per heavy atom. The SMILES string of the molecule is CC1=CC(C)([Si](c2ccccc2)(c2c(C)cccc2C)c2c(C)cccc2C)C(C)=C1C. The highest BCUT2D eigenvalue weighted by atomic mass is 28.3. The third-order valence-electron chi connectivity index (χ3n) is 8.14. The molecule has 0 N–H and O–H groups in total. The van der Waals surface area contributed by atoms with Gasteiger partial charge in [-0.2, -0.15) is 0 Å². The molecule has 1 unspecified atom stereocenters. The molecular formula is C31H36Si. The summed E-state index contributed by atoms with van der Waals surface area (Å²) in [5.74, 6) is 0. The van der Waals surface area contributed by atoms with Crippen LogP contribution in [-0.2, 0) is 0 Å². The highest BCUT2D eigenvalue weighted by Gasteiger charge is 2.57. The molecule has 0 radical (unpaired) electrons. The Morgan fingerprint density at radius 1 is 0.562 bits per heavy atom. The Hall–Kier alpha value is -2.64. The molecule has 0 aliphatic heterocycles. The first-order chi connectivity index (χ1) is 15.2. The lowest BCUT2D eigenvalue weighted by molar-refractivity contribution is 0.868. The maximum atomic E-state index is 2.61. The van der Waals surface area contributed by atoms with Crippen molar-refractivity contribution in [3.05, 3.63) is 112 Å². The highest BCUT2D eigenvalue weighted by Crippen LogP contribution is 2.53. The van der Waals surface area contributed by atoms with Crippen molar-refractivity contribution in [3.63, 3.8) is 0 Å². The van der Waals surface area contributed by atoms with Gasteiger partial charge in [-0.25, -0.2) is 0 Å². The van der Waals surface area contributed by atoms with Crippen LogP contribution in [0.4, 0.5) is 0 Å². The molecule has 0 amide bonds. The second-order valence-electron chi connectivity index (χ2n) is 9.93. The molecule has 0 nitrogen and oxygen atoms in total. The van der Waals surface area contributed by atoms with Crippen molar-refractivity contribution in [2.45, 2.75) is 60.4 Å². The fourth-order valence-electron chi connectivity index (χ4n) is 6.46. The largest absolute Gasteiger partial charge is 0.162 e. The van der Waals surface area contributed by atoms with Crippen molar-refractivity contribution in [1.29, 1.82) is 0 Å². The lowest BCUT2D eigenvalue weighted by atomic mass is 10.0. The van der Waals surface area contributed by atoms with E-state index < -0.39 is 8.07 Å². The Balaban J connectivity index is 2.34. The molecule has 0 saturated heterocycles. The minimum absolute atomic E-state index is 0.0593. The molecule has 0 aromatic heterocycles. The standard InChI is InChI=1S/C31H36Si/c1-21-14-12-15-22(2)29(21)32(28-18-10-9-11-19-28,30-23(3)16-13-17-24(30)4)31(8)20-25(5)26(6)27(31)7/h9-20H,1-8H3. The van der Waals surface area contributed by atoms with E-state index in [1.165, 1.54) is 44.2 Å². The van der Waals surface area contributed by atoms with Crippen molar-refractivity contribution in [2.24, 2.45) is 0 Å². The number of hydrogen-bond donors (Lipinski definition) is 0. The maximum absolute atomic E-state index is 2.61. The van der Waals surface area contributed by atoms with Crippen molar-refractivity contribution < 1.29 is 0 Å². The van der Waals surface area contributed by atoms with E-state index in [2.05, 4.69) is 128 Å². The van der Waals surface area contributed by atoms with E-state index in [0.29, 0.717) is 0 Å². The van der Waals surface area contributed by atoms with Gasteiger partial charge in [0.1, 0.15) is 0 Å². The van der Waals surface area contributed by atoms with Gasteiger partial charge in [-0.05, 0) is 69.6 Å². The van der Waals surface area contributed by atoms with E-state index in [4.69, 9.17) is 0 Å². The van der Waals surface area contributed by atoms with Gasteiger partial charge < -0.3 is 0 Å². The summed E-state index contributed by atoms with van der Waals surface area (Å²) in [7, 11) is -2.57. The Bertz CT molecular complexity index is 1150. The third kappa shape index (κ3) is 3.02. The number of aryl methyl sites for hydroxylation is 4. The molecule has 0 heterocycles. The minimum Gasteiger partial charge on any atom is -0.0730 e. The fourth-order valence-corrected chi connectivity index (χ4v) is 13.5. The number of rotatable bonds is 4. The quantitative estimate of drug-likeness (QED) is 0.326. The maximum Gasteiger partial charge on any atom is 0.162 e. The number of allylic oxidation sites excluding steroid dienone is 4. The molecule has 0 saturated carbocycles. The van der Waals surface area contributed by atoms with Crippen molar-refractivity contribution >= 4 is 23.6 Å². The third-order valence-corrected chi connectivity index (χ3v) is 14.5. The predicted octanol–water partition coefficient (Wildman–Crippen LogP) is 6.45. The molecule has 3 aromatic carbocycles. The van der Waals surface area contributed by atoms with Crippen LogP contribution in [0, 0.1) is 27.7 Å². The van der Waals surface area contributed by atoms with E-state index in [9.17, 15) is 0 Å². The molecule has 164 valence electrons. The average Bonchev–Trinajstić information content (AvgIpc) is 2.96. The summed E-state index contributed by atoms with van der Waals surface area (Å²) >= 11 is 0. The van der Waals surface area contributed by atoms with E-state index in [0.717, 1.165) is 0 Å². The monoisotopic (exact) mass is 436 g/mol. The van der Waals surface area contributed by atoms with Gasteiger partial charge in [0.05, 0.1) is 0 Å². The van der Waals surface area contributed by atoms with E-state index in [-0.39, 0.29) is 5.04 Å². The summed E-state index contributed by atoms with van der Waals surface area (Å²) in [5, 5.41) is 4.58. The fraction of sp³-hybridized carbons (Fsp3) is 0.290. The topological polar surface area (TPSA) is 0 Å². The second-order valence-corrected chi connectivity index (χ2v) is 14.0. The van der Waals surface area contributed by atoms with E-state index in [1.54, 1.807) is 10.4 Å². The molecule has 32 heavy (non-hydrogen) atoms. The zero-order chi connectivity index (χ0) is 23.3. The molecule has 1 aliphatic carbocycles. The van der Waals surface area contributed by atoms with Gasteiger partial charge in [0.2, 0.25) is 0 Å². The average molecular weight is 437 g/mol. The first-order valence-corrected chi connectivity index (χ1v) is 13.7. The van der Waals surface area contributed by atoms with Gasteiger partial charge in [0, 0.05) is 5.04 Å². The van der Waals surface area contributed by atoms with Crippen LogP contribution in [0.25, 0.3) is 0 Å². The van der Waals surface area contributed by atoms with Gasteiger partial charge in [0.25, 0.3) is 0 Å². The second kappa shape index (κ2) is 8.05. The first kappa shape index (κ1) is 22.5. The summed E-state index contributed by atoms with van der Waals surface area (Å²) in [5.41, 5.74) is 10.0. The summed E-state index contributed by atoms with van der Waals surface area (Å²) in [4.78, 5) is 0. The van der Waals surface area contributed by atoms with Crippen LogP contribution in [0.5, 0.6) is 0 Å². The van der Waals surface area contributed by atoms with Gasteiger partial charge >= 0.3 is 0 Å². The Kier molecular flexibility index (Phi) is 5.67. The summed E-state index contributed by atoms with van der Waals surface area (Å²) in [6.45, 7) is 18.8. The molecule has 0 fully saturated rings. The van der Waals surface area contributed by atoms with Gasteiger partial charge in [-0.15, -0.1) is 0 Å². The first-order valence-electron chi connectivity index (χ1n) is 11.7. The van der Waals surface area contributed by atoms with Crippen LogP contribution >= 0.6 is 0 Å². The molecule has 1 heteroatoms. The normalized spacial score (nSPS) is 18.8. The number of hydrogen-bond acceptors (Lipinski definition) is 0. The molecule has 1 aliphatic rings. The van der Waals surface area contributed by atoms with Crippen LogP contribution < -0.4 is 15.6 Å². The Morgan fingerprint density at radius 2 is 1.00 bits per heavy atom. The molecule has 0 bridgehead atoms. The predicted molar refractivity (Wildman–Crippen MR) is 143 cm³/mol. The van der Waals surface area contributed by atoms with Crippen LogP contribution in [0.1, 0.15) is 49.9 Å². The molecular weight excluding hydrogens is 400 g/mol. The summed E-state index contributed by atoms with van der Waals surface area (Å²) < 4.78 is 0. The van der Waals surface area contributed by atoms with Crippen LogP contribution in [0.15, 0.2) is 89.5 Å². The number of benzene rings is 3. The lowest BCUT2D eigenvalue weighted by Gasteiger charge is -2.49. The lowest BCUT2D eigenvalue weighted by Crippen LogP contribution is -2.75. The molecule has 3 aromatic rings. The molecule has 0 spiro atoms. The van der Waals surface area contributed by atoms with Crippen molar-refractivity contribution in [3.8, 4) is 0 Å². The van der Waals surface area contributed by atoms with Gasteiger partial charge in [-0.1, -0.05) is 113 Å². The zero-order valence-electron chi connectivity index (χ0n) is 20.9. The van der Waals surface area contributed by atoms with Crippen LogP contribution in [-0.4, -0.2) is 8.07 Å². The minimum atomic E-state index is -2.57. The van der Waals surface area contributed by atoms with Crippen molar-refractivity contribution in [1.82, 2.24) is 0 Å². The smallest absolute Gasteiger partial charge is 0.0730 e. The summed E-state index contributed by atoms with van der Waals surface area (Å²) in [6, 6.07) is 25.1. The van der Waals surface area contributed by atoms with Gasteiger partial charge in [0.15, 0.2) is 8.07 Å². The van der Waals surface area contributed by atoms with Gasteiger partial charge in [-0.3, -0.25) is 0 Å². The van der Waals surface area contributed by atoms with Crippen LogP contribution in [0.3, 0.4) is 0 Å². The van der Waals surface area contributed by atoms with E-state index >= 15 is 0 Å². The molecule has 1 atom stereocenters.